The topological polar surface area (TPSA) is 49.7 Å². The van der Waals surface area contributed by atoms with Gasteiger partial charge in [-0.1, -0.05) is 20.3 Å². The lowest BCUT2D eigenvalue weighted by atomic mass is 10.0. The van der Waals surface area contributed by atoms with Crippen LogP contribution in [-0.4, -0.2) is 35.1 Å². The summed E-state index contributed by atoms with van der Waals surface area (Å²) in [7, 11) is 0. The predicted octanol–water partition coefficient (Wildman–Crippen LogP) is 1.71. The molecule has 0 bridgehead atoms. The molecule has 0 radical (unpaired) electrons. The summed E-state index contributed by atoms with van der Waals surface area (Å²) in [4.78, 5) is 0. The molecule has 1 saturated heterocycles. The maximum atomic E-state index is 9.66. The van der Waals surface area contributed by atoms with Crippen molar-refractivity contribution in [2.75, 3.05) is 6.61 Å². The first-order valence-corrected chi connectivity index (χ1v) is 6.11. The molecule has 15 heavy (non-hydrogen) atoms. The smallest absolute Gasteiger partial charge is 0.0627 e. The van der Waals surface area contributed by atoms with Crippen LogP contribution in [0.5, 0.6) is 0 Å². The van der Waals surface area contributed by atoms with Crippen molar-refractivity contribution < 1.29 is 14.9 Å². The number of hydrogen-bond acceptors (Lipinski definition) is 3. The molecule has 90 valence electrons. The Hall–Kier alpha value is -0.120. The summed E-state index contributed by atoms with van der Waals surface area (Å²) in [5, 5.41) is 18.7. The zero-order valence-corrected chi connectivity index (χ0v) is 9.85. The number of rotatable bonds is 6. The van der Waals surface area contributed by atoms with Crippen molar-refractivity contribution >= 4 is 0 Å². The van der Waals surface area contributed by atoms with Crippen LogP contribution in [0.1, 0.15) is 46.0 Å². The number of aliphatic hydroxyl groups excluding tert-OH is 2. The average molecular weight is 216 g/mol. The molecule has 1 heterocycles. The molecule has 0 unspecified atom stereocenters. The molecular formula is C12H24O3. The second-order valence-electron chi connectivity index (χ2n) is 4.71. The molecule has 0 saturated carbocycles. The van der Waals surface area contributed by atoms with E-state index in [2.05, 4.69) is 6.92 Å². The summed E-state index contributed by atoms with van der Waals surface area (Å²) < 4.78 is 5.81. The van der Waals surface area contributed by atoms with E-state index < -0.39 is 0 Å². The van der Waals surface area contributed by atoms with E-state index in [1.54, 1.807) is 0 Å². The number of hydrogen-bond donors (Lipinski definition) is 2. The van der Waals surface area contributed by atoms with E-state index >= 15 is 0 Å². The average Bonchev–Trinajstić information content (AvgIpc) is 2.65. The van der Waals surface area contributed by atoms with Gasteiger partial charge in [-0.2, -0.15) is 0 Å². The van der Waals surface area contributed by atoms with Crippen LogP contribution in [0.4, 0.5) is 0 Å². The number of ether oxygens (including phenoxy) is 1. The third-order valence-electron chi connectivity index (χ3n) is 3.22. The van der Waals surface area contributed by atoms with Gasteiger partial charge in [-0.05, 0) is 25.7 Å². The van der Waals surface area contributed by atoms with E-state index in [1.807, 2.05) is 6.92 Å². The van der Waals surface area contributed by atoms with E-state index in [9.17, 15) is 5.11 Å². The highest BCUT2D eigenvalue weighted by atomic mass is 16.5. The molecule has 1 aliphatic rings. The molecule has 4 atom stereocenters. The molecule has 2 N–H and O–H groups in total. The Labute approximate surface area is 92.4 Å². The van der Waals surface area contributed by atoms with Crippen molar-refractivity contribution in [3.8, 4) is 0 Å². The van der Waals surface area contributed by atoms with Gasteiger partial charge in [-0.15, -0.1) is 0 Å². The second-order valence-corrected chi connectivity index (χ2v) is 4.71. The maximum absolute atomic E-state index is 9.66. The van der Waals surface area contributed by atoms with E-state index in [0.29, 0.717) is 0 Å². The van der Waals surface area contributed by atoms with Gasteiger partial charge in [0.05, 0.1) is 18.3 Å². The van der Waals surface area contributed by atoms with Crippen molar-refractivity contribution in [1.82, 2.24) is 0 Å². The molecule has 0 aromatic carbocycles. The molecule has 1 fully saturated rings. The summed E-state index contributed by atoms with van der Waals surface area (Å²) in [5.41, 5.74) is 0. The summed E-state index contributed by atoms with van der Waals surface area (Å²) in [5.74, 6) is 0.221. The fraction of sp³-hybridized carbons (Fsp3) is 1.00. The minimum Gasteiger partial charge on any atom is -0.396 e. The first-order valence-electron chi connectivity index (χ1n) is 6.11. The zero-order chi connectivity index (χ0) is 11.3. The highest BCUT2D eigenvalue weighted by Gasteiger charge is 2.29. The van der Waals surface area contributed by atoms with Crippen molar-refractivity contribution in [1.29, 1.82) is 0 Å². The van der Waals surface area contributed by atoms with E-state index in [1.165, 1.54) is 0 Å². The molecule has 3 heteroatoms. The fourth-order valence-electron chi connectivity index (χ4n) is 2.20. The van der Waals surface area contributed by atoms with Crippen LogP contribution < -0.4 is 0 Å². The Bertz CT molecular complexity index is 172. The van der Waals surface area contributed by atoms with Crippen LogP contribution in [0.3, 0.4) is 0 Å². The van der Waals surface area contributed by atoms with Crippen LogP contribution >= 0.6 is 0 Å². The Kier molecular flexibility index (Phi) is 5.58. The van der Waals surface area contributed by atoms with Gasteiger partial charge in [0, 0.05) is 12.5 Å². The predicted molar refractivity (Wildman–Crippen MR) is 59.7 cm³/mol. The summed E-state index contributed by atoms with van der Waals surface area (Å²) in [6.07, 6.45) is 4.84. The number of aliphatic hydroxyl groups is 2. The summed E-state index contributed by atoms with van der Waals surface area (Å²) >= 11 is 0. The minimum absolute atomic E-state index is 0.189. The third-order valence-corrected chi connectivity index (χ3v) is 3.22. The summed E-state index contributed by atoms with van der Waals surface area (Å²) in [6, 6.07) is 0. The van der Waals surface area contributed by atoms with Gasteiger partial charge in [0.2, 0.25) is 0 Å². The normalized spacial score (nSPS) is 30.4. The standard InChI is InChI=1S/C12H24O3/c1-3-4-10(14)7-11-5-6-12(15-11)9(2)8-13/h9-14H,3-8H2,1-2H3/t9-,10+,11+,12-/m1/s1. The molecule has 3 nitrogen and oxygen atoms in total. The first-order chi connectivity index (χ1) is 7.17. The Morgan fingerprint density at radius 3 is 2.73 bits per heavy atom. The van der Waals surface area contributed by atoms with E-state index in [0.717, 1.165) is 32.1 Å². The van der Waals surface area contributed by atoms with Crippen molar-refractivity contribution in [2.45, 2.75) is 64.3 Å². The SMILES string of the molecule is CCC[C@H](O)C[C@@H]1CC[C@H]([C@H](C)CO)O1. The van der Waals surface area contributed by atoms with Crippen molar-refractivity contribution in [3.63, 3.8) is 0 Å². The maximum Gasteiger partial charge on any atom is 0.0627 e. The second kappa shape index (κ2) is 6.46. The molecule has 1 aliphatic heterocycles. The highest BCUT2D eigenvalue weighted by molar-refractivity contribution is 4.78. The van der Waals surface area contributed by atoms with Crippen molar-refractivity contribution in [2.24, 2.45) is 5.92 Å². The fourth-order valence-corrected chi connectivity index (χ4v) is 2.20. The van der Waals surface area contributed by atoms with Crippen LogP contribution in [0.15, 0.2) is 0 Å². The Balaban J connectivity index is 2.24. The molecule has 0 amide bonds. The molecule has 0 spiro atoms. The van der Waals surface area contributed by atoms with Gasteiger partial charge in [0.15, 0.2) is 0 Å². The summed E-state index contributed by atoms with van der Waals surface area (Å²) in [6.45, 7) is 4.28. The quantitative estimate of drug-likeness (QED) is 0.710. The van der Waals surface area contributed by atoms with Crippen LogP contribution in [0.25, 0.3) is 0 Å². The zero-order valence-electron chi connectivity index (χ0n) is 9.85. The largest absolute Gasteiger partial charge is 0.396 e. The van der Waals surface area contributed by atoms with Crippen LogP contribution in [-0.2, 0) is 4.74 Å². The lowest BCUT2D eigenvalue weighted by Crippen LogP contribution is -2.23. The van der Waals surface area contributed by atoms with Gasteiger partial charge in [0.1, 0.15) is 0 Å². The molecular weight excluding hydrogens is 192 g/mol. The highest BCUT2D eigenvalue weighted by Crippen LogP contribution is 2.28. The van der Waals surface area contributed by atoms with Gasteiger partial charge in [-0.25, -0.2) is 0 Å². The van der Waals surface area contributed by atoms with E-state index in [4.69, 9.17) is 9.84 Å². The third kappa shape index (κ3) is 4.09. The van der Waals surface area contributed by atoms with Gasteiger partial charge >= 0.3 is 0 Å². The molecule has 0 aromatic rings. The lowest BCUT2D eigenvalue weighted by Gasteiger charge is -2.19. The van der Waals surface area contributed by atoms with Gasteiger partial charge in [-0.3, -0.25) is 0 Å². The molecule has 1 rings (SSSR count). The van der Waals surface area contributed by atoms with Crippen molar-refractivity contribution in [3.05, 3.63) is 0 Å². The van der Waals surface area contributed by atoms with E-state index in [-0.39, 0.29) is 30.8 Å². The Morgan fingerprint density at radius 1 is 1.40 bits per heavy atom. The molecule has 0 aliphatic carbocycles. The van der Waals surface area contributed by atoms with Crippen LogP contribution in [0, 0.1) is 5.92 Å². The van der Waals surface area contributed by atoms with Crippen LogP contribution in [0.2, 0.25) is 0 Å². The van der Waals surface area contributed by atoms with Gasteiger partial charge < -0.3 is 14.9 Å². The monoisotopic (exact) mass is 216 g/mol. The molecule has 0 aromatic heterocycles. The first kappa shape index (κ1) is 12.9. The minimum atomic E-state index is -0.219. The lowest BCUT2D eigenvalue weighted by molar-refractivity contribution is -0.0207. The van der Waals surface area contributed by atoms with Gasteiger partial charge in [0.25, 0.3) is 0 Å². The Morgan fingerprint density at radius 2 is 2.13 bits per heavy atom.